The summed E-state index contributed by atoms with van der Waals surface area (Å²) >= 11 is 0. The van der Waals surface area contributed by atoms with E-state index in [-0.39, 0.29) is 6.09 Å². The Kier molecular flexibility index (Phi) is 6.30. The second-order valence-electron chi connectivity index (χ2n) is 9.05. The lowest BCUT2D eigenvalue weighted by Gasteiger charge is -2.42. The first-order chi connectivity index (χ1) is 12.8. The number of carbonyl (C=O) groups excluding carboxylic acids is 1. The van der Waals surface area contributed by atoms with Gasteiger partial charge in [0.15, 0.2) is 0 Å². The van der Waals surface area contributed by atoms with Crippen molar-refractivity contribution in [1.29, 1.82) is 0 Å². The number of hydrogen-bond acceptors (Lipinski definition) is 4. The van der Waals surface area contributed by atoms with E-state index < -0.39 is 5.60 Å². The number of hydrogen-bond donors (Lipinski definition) is 0. The molecule has 1 aromatic carbocycles. The molecule has 0 N–H and O–H groups in total. The van der Waals surface area contributed by atoms with Gasteiger partial charge in [-0.2, -0.15) is 0 Å². The van der Waals surface area contributed by atoms with E-state index >= 15 is 0 Å². The Balaban J connectivity index is 1.33. The van der Waals surface area contributed by atoms with Crippen molar-refractivity contribution in [2.75, 3.05) is 33.3 Å². The predicted octanol–water partition coefficient (Wildman–Crippen LogP) is 4.16. The average molecular weight is 375 g/mol. The van der Waals surface area contributed by atoms with Crippen LogP contribution in [0, 0.1) is 11.8 Å². The molecule has 0 spiro atoms. The van der Waals surface area contributed by atoms with Crippen molar-refractivity contribution in [3.63, 3.8) is 0 Å². The Morgan fingerprint density at radius 3 is 2.26 bits per heavy atom. The molecule has 0 unspecified atom stereocenters. The molecule has 2 aliphatic rings. The molecule has 1 aromatic rings. The third-order valence-electron chi connectivity index (χ3n) is 5.53. The van der Waals surface area contributed by atoms with Crippen LogP contribution >= 0.6 is 0 Å². The first-order valence-electron chi connectivity index (χ1n) is 10.2. The van der Waals surface area contributed by atoms with Crippen molar-refractivity contribution in [2.24, 2.45) is 11.8 Å². The fourth-order valence-electron chi connectivity index (χ4n) is 4.09. The maximum Gasteiger partial charge on any atom is 0.410 e. The molecule has 150 valence electrons. The molecule has 27 heavy (non-hydrogen) atoms. The lowest BCUT2D eigenvalue weighted by Crippen LogP contribution is -2.48. The van der Waals surface area contributed by atoms with Crippen LogP contribution in [0.2, 0.25) is 0 Å². The largest absolute Gasteiger partial charge is 0.497 e. The first kappa shape index (κ1) is 20.0. The van der Waals surface area contributed by atoms with Crippen LogP contribution < -0.4 is 4.74 Å². The van der Waals surface area contributed by atoms with Gasteiger partial charge >= 0.3 is 6.09 Å². The monoisotopic (exact) mass is 374 g/mol. The molecule has 5 nitrogen and oxygen atoms in total. The number of benzene rings is 1. The second kappa shape index (κ2) is 8.51. The molecule has 0 saturated carbocycles. The fourth-order valence-corrected chi connectivity index (χ4v) is 4.09. The van der Waals surface area contributed by atoms with Crippen LogP contribution in [0.3, 0.4) is 0 Å². The highest BCUT2D eigenvalue weighted by Crippen LogP contribution is 2.30. The van der Waals surface area contributed by atoms with Gasteiger partial charge in [-0.25, -0.2) is 4.79 Å². The minimum atomic E-state index is -0.410. The molecular formula is C22H34N2O3. The molecule has 0 aliphatic carbocycles. The molecule has 0 aromatic heterocycles. The number of piperidine rings is 1. The van der Waals surface area contributed by atoms with E-state index in [4.69, 9.17) is 9.47 Å². The Morgan fingerprint density at radius 1 is 1.07 bits per heavy atom. The predicted molar refractivity (Wildman–Crippen MR) is 107 cm³/mol. The Hall–Kier alpha value is -1.75. The van der Waals surface area contributed by atoms with Gasteiger partial charge in [0.2, 0.25) is 0 Å². The molecule has 0 atom stereocenters. The summed E-state index contributed by atoms with van der Waals surface area (Å²) in [5.74, 6) is 2.47. The Bertz CT molecular complexity index is 609. The van der Waals surface area contributed by atoms with Crippen LogP contribution in [-0.4, -0.2) is 54.8 Å². The van der Waals surface area contributed by atoms with E-state index in [1.807, 2.05) is 37.8 Å². The molecule has 2 heterocycles. The van der Waals surface area contributed by atoms with Crippen molar-refractivity contribution >= 4 is 6.09 Å². The molecule has 2 saturated heterocycles. The topological polar surface area (TPSA) is 42.0 Å². The third-order valence-corrected chi connectivity index (χ3v) is 5.53. The van der Waals surface area contributed by atoms with Gasteiger partial charge in [0, 0.05) is 32.7 Å². The summed E-state index contributed by atoms with van der Waals surface area (Å²) in [4.78, 5) is 16.5. The van der Waals surface area contributed by atoms with Gasteiger partial charge < -0.3 is 14.4 Å². The van der Waals surface area contributed by atoms with Crippen LogP contribution in [-0.2, 0) is 11.3 Å². The number of rotatable bonds is 5. The zero-order chi connectivity index (χ0) is 19.4. The normalized spacial score (nSPS) is 19.6. The summed E-state index contributed by atoms with van der Waals surface area (Å²) < 4.78 is 10.7. The molecule has 5 heteroatoms. The third kappa shape index (κ3) is 5.86. The van der Waals surface area contributed by atoms with Gasteiger partial charge in [0.05, 0.1) is 7.11 Å². The van der Waals surface area contributed by atoms with Crippen molar-refractivity contribution in [2.45, 2.75) is 52.2 Å². The average Bonchev–Trinajstić information content (AvgIpc) is 2.59. The zero-order valence-electron chi connectivity index (χ0n) is 17.2. The zero-order valence-corrected chi connectivity index (χ0v) is 17.2. The summed E-state index contributed by atoms with van der Waals surface area (Å²) in [6.07, 6.45) is 3.35. The van der Waals surface area contributed by atoms with Crippen LogP contribution in [0.25, 0.3) is 0 Å². The number of carbonyl (C=O) groups is 1. The van der Waals surface area contributed by atoms with Crippen LogP contribution in [0.15, 0.2) is 24.3 Å². The van der Waals surface area contributed by atoms with Gasteiger partial charge in [-0.05, 0) is 69.6 Å². The minimum absolute atomic E-state index is 0.157. The van der Waals surface area contributed by atoms with Crippen molar-refractivity contribution in [1.82, 2.24) is 9.80 Å². The lowest BCUT2D eigenvalue weighted by atomic mass is 9.83. The molecular weight excluding hydrogens is 340 g/mol. The Morgan fingerprint density at radius 2 is 1.70 bits per heavy atom. The van der Waals surface area contributed by atoms with E-state index in [2.05, 4.69) is 17.0 Å². The first-order valence-corrected chi connectivity index (χ1v) is 10.2. The smallest absolute Gasteiger partial charge is 0.410 e. The molecule has 3 rings (SSSR count). The highest BCUT2D eigenvalue weighted by molar-refractivity contribution is 5.68. The molecule has 0 radical (unpaired) electrons. The SMILES string of the molecule is COc1ccc(CN2CC(CC3CCN(C(=O)OC(C)(C)C)CC3)C2)cc1. The molecule has 2 fully saturated rings. The van der Waals surface area contributed by atoms with E-state index in [9.17, 15) is 4.79 Å². The van der Waals surface area contributed by atoms with E-state index in [0.29, 0.717) is 0 Å². The lowest BCUT2D eigenvalue weighted by molar-refractivity contribution is 0.0143. The van der Waals surface area contributed by atoms with Crippen molar-refractivity contribution < 1.29 is 14.3 Å². The van der Waals surface area contributed by atoms with Gasteiger partial charge in [-0.15, -0.1) is 0 Å². The minimum Gasteiger partial charge on any atom is -0.497 e. The second-order valence-corrected chi connectivity index (χ2v) is 9.05. The fraction of sp³-hybridized carbons (Fsp3) is 0.682. The van der Waals surface area contributed by atoms with E-state index in [1.54, 1.807) is 7.11 Å². The highest BCUT2D eigenvalue weighted by atomic mass is 16.6. The van der Waals surface area contributed by atoms with Crippen LogP contribution in [0.5, 0.6) is 5.75 Å². The number of ether oxygens (including phenoxy) is 2. The van der Waals surface area contributed by atoms with Crippen molar-refractivity contribution in [3.8, 4) is 5.75 Å². The summed E-state index contributed by atoms with van der Waals surface area (Å²) in [5, 5.41) is 0. The number of likely N-dealkylation sites (tertiary alicyclic amines) is 2. The summed E-state index contributed by atoms with van der Waals surface area (Å²) in [6.45, 7) is 10.8. The number of methoxy groups -OCH3 is 1. The van der Waals surface area contributed by atoms with Crippen LogP contribution in [0.1, 0.15) is 45.6 Å². The van der Waals surface area contributed by atoms with Gasteiger partial charge in [-0.1, -0.05) is 12.1 Å². The van der Waals surface area contributed by atoms with Gasteiger partial charge in [0.25, 0.3) is 0 Å². The van der Waals surface area contributed by atoms with E-state index in [1.165, 1.54) is 25.1 Å². The molecule has 0 bridgehead atoms. The van der Waals surface area contributed by atoms with E-state index in [0.717, 1.165) is 50.1 Å². The van der Waals surface area contributed by atoms with Gasteiger partial charge in [-0.3, -0.25) is 4.90 Å². The maximum atomic E-state index is 12.2. The number of amides is 1. The summed E-state index contributed by atoms with van der Waals surface area (Å²) in [7, 11) is 1.70. The summed E-state index contributed by atoms with van der Waals surface area (Å²) in [5.41, 5.74) is 0.938. The number of nitrogens with zero attached hydrogens (tertiary/aromatic N) is 2. The van der Waals surface area contributed by atoms with Gasteiger partial charge in [0.1, 0.15) is 11.4 Å². The molecule has 2 aliphatic heterocycles. The summed E-state index contributed by atoms with van der Waals surface area (Å²) in [6, 6.07) is 8.37. The van der Waals surface area contributed by atoms with Crippen molar-refractivity contribution in [3.05, 3.63) is 29.8 Å². The Labute approximate surface area is 163 Å². The molecule has 1 amide bonds. The highest BCUT2D eigenvalue weighted by Gasteiger charge is 2.32. The quantitative estimate of drug-likeness (QED) is 0.776. The maximum absolute atomic E-state index is 12.2. The van der Waals surface area contributed by atoms with Crippen LogP contribution in [0.4, 0.5) is 4.79 Å². The standard InChI is InChI=1S/C22H34N2O3/c1-22(2,3)27-21(25)24-11-9-17(10-12-24)13-19-15-23(16-19)14-18-5-7-20(26-4)8-6-18/h5-8,17,19H,9-16H2,1-4H3.